The van der Waals surface area contributed by atoms with E-state index in [0.29, 0.717) is 13.1 Å². The molecule has 1 atom stereocenters. The van der Waals surface area contributed by atoms with Crippen LogP contribution < -0.4 is 11.1 Å². The lowest BCUT2D eigenvalue weighted by molar-refractivity contribution is 0.285. The van der Waals surface area contributed by atoms with Crippen LogP contribution >= 0.6 is 0 Å². The van der Waals surface area contributed by atoms with E-state index in [9.17, 15) is 0 Å². The van der Waals surface area contributed by atoms with Crippen molar-refractivity contribution < 1.29 is 5.11 Å². The van der Waals surface area contributed by atoms with Gasteiger partial charge in [-0.15, -0.1) is 0 Å². The topological polar surface area (TPSA) is 58.3 Å². The average molecular weight is 222 g/mol. The number of nitrogens with one attached hydrogen (secondary N) is 1. The second-order valence-electron chi connectivity index (χ2n) is 4.26. The van der Waals surface area contributed by atoms with Crippen molar-refractivity contribution in [3.8, 4) is 0 Å². The Morgan fingerprint density at radius 3 is 2.38 bits per heavy atom. The molecule has 0 bridgehead atoms. The van der Waals surface area contributed by atoms with Gasteiger partial charge in [0, 0.05) is 19.1 Å². The first-order valence-electron chi connectivity index (χ1n) is 5.72. The summed E-state index contributed by atoms with van der Waals surface area (Å²) in [5.41, 5.74) is 10.8. The van der Waals surface area contributed by atoms with Crippen molar-refractivity contribution in [2.45, 2.75) is 26.8 Å². The van der Waals surface area contributed by atoms with Crippen molar-refractivity contribution in [1.29, 1.82) is 0 Å². The Balaban J connectivity index is 2.95. The fraction of sp³-hybridized carbons (Fsp3) is 0.538. The molecule has 3 heteroatoms. The van der Waals surface area contributed by atoms with Crippen LogP contribution in [0.3, 0.4) is 0 Å². The summed E-state index contributed by atoms with van der Waals surface area (Å²) >= 11 is 0. The zero-order valence-corrected chi connectivity index (χ0v) is 10.4. The molecule has 0 saturated heterocycles. The minimum atomic E-state index is 0.131. The molecule has 0 spiro atoms. The van der Waals surface area contributed by atoms with Gasteiger partial charge in [0.25, 0.3) is 0 Å². The SMILES string of the molecule is Cc1cc(C)c(C(CN)NCCO)cc1C. The van der Waals surface area contributed by atoms with Crippen molar-refractivity contribution in [3.63, 3.8) is 0 Å². The predicted octanol–water partition coefficient (Wildman–Crippen LogP) is 1.19. The van der Waals surface area contributed by atoms with Gasteiger partial charge in [-0.3, -0.25) is 0 Å². The molecule has 0 fully saturated rings. The van der Waals surface area contributed by atoms with Crippen LogP contribution in [-0.2, 0) is 0 Å². The summed E-state index contributed by atoms with van der Waals surface area (Å²) in [7, 11) is 0. The van der Waals surface area contributed by atoms with Crippen molar-refractivity contribution >= 4 is 0 Å². The van der Waals surface area contributed by atoms with Gasteiger partial charge in [0.15, 0.2) is 0 Å². The molecule has 90 valence electrons. The second kappa shape index (κ2) is 5.99. The predicted molar refractivity (Wildman–Crippen MR) is 67.5 cm³/mol. The van der Waals surface area contributed by atoms with Gasteiger partial charge in [0.2, 0.25) is 0 Å². The van der Waals surface area contributed by atoms with Crippen molar-refractivity contribution in [3.05, 3.63) is 34.4 Å². The van der Waals surface area contributed by atoms with E-state index in [0.717, 1.165) is 0 Å². The Morgan fingerprint density at radius 1 is 1.19 bits per heavy atom. The van der Waals surface area contributed by atoms with E-state index < -0.39 is 0 Å². The third-order valence-electron chi connectivity index (χ3n) is 3.00. The maximum Gasteiger partial charge on any atom is 0.0556 e. The van der Waals surface area contributed by atoms with Crippen molar-refractivity contribution in [2.24, 2.45) is 5.73 Å². The monoisotopic (exact) mass is 222 g/mol. The molecular weight excluding hydrogens is 200 g/mol. The van der Waals surface area contributed by atoms with E-state index in [2.05, 4.69) is 38.2 Å². The standard InChI is InChI=1S/C13H22N2O/c1-9-6-11(3)12(7-10(9)2)13(8-14)15-4-5-16/h6-7,13,15-16H,4-5,8,14H2,1-3H3. The molecule has 1 unspecified atom stereocenters. The molecule has 1 rings (SSSR count). The number of aliphatic hydroxyl groups is 1. The summed E-state index contributed by atoms with van der Waals surface area (Å²) in [6.07, 6.45) is 0. The fourth-order valence-corrected chi connectivity index (χ4v) is 1.92. The molecule has 0 saturated carbocycles. The third kappa shape index (κ3) is 3.04. The van der Waals surface area contributed by atoms with Crippen LogP contribution in [-0.4, -0.2) is 24.8 Å². The van der Waals surface area contributed by atoms with Crippen LogP contribution in [0.25, 0.3) is 0 Å². The molecule has 0 aromatic heterocycles. The lowest BCUT2D eigenvalue weighted by Gasteiger charge is -2.20. The summed E-state index contributed by atoms with van der Waals surface area (Å²) in [4.78, 5) is 0. The number of nitrogens with two attached hydrogens (primary N) is 1. The minimum Gasteiger partial charge on any atom is -0.395 e. The molecular formula is C13H22N2O. The zero-order chi connectivity index (χ0) is 12.1. The molecule has 16 heavy (non-hydrogen) atoms. The smallest absolute Gasteiger partial charge is 0.0556 e. The molecule has 0 aliphatic heterocycles. The maximum atomic E-state index is 8.82. The molecule has 0 amide bonds. The van der Waals surface area contributed by atoms with E-state index in [1.54, 1.807) is 0 Å². The molecule has 0 aliphatic rings. The van der Waals surface area contributed by atoms with Gasteiger partial charge >= 0.3 is 0 Å². The van der Waals surface area contributed by atoms with Crippen LogP contribution in [0, 0.1) is 20.8 Å². The Labute approximate surface area is 97.7 Å². The maximum absolute atomic E-state index is 8.82. The summed E-state index contributed by atoms with van der Waals surface area (Å²) in [5.74, 6) is 0. The third-order valence-corrected chi connectivity index (χ3v) is 3.00. The van der Waals surface area contributed by atoms with Gasteiger partial charge in [0.05, 0.1) is 6.61 Å². The van der Waals surface area contributed by atoms with Gasteiger partial charge < -0.3 is 16.2 Å². The van der Waals surface area contributed by atoms with Gasteiger partial charge in [-0.1, -0.05) is 12.1 Å². The Kier molecular flexibility index (Phi) is 4.93. The normalized spacial score (nSPS) is 12.8. The highest BCUT2D eigenvalue weighted by atomic mass is 16.3. The summed E-state index contributed by atoms with van der Waals surface area (Å²) in [6, 6.07) is 4.51. The molecule has 0 aliphatic carbocycles. The number of aliphatic hydroxyl groups excluding tert-OH is 1. The molecule has 4 N–H and O–H groups in total. The van der Waals surface area contributed by atoms with Crippen LogP contribution in [0.5, 0.6) is 0 Å². The van der Waals surface area contributed by atoms with Gasteiger partial charge in [-0.05, 0) is 43.0 Å². The summed E-state index contributed by atoms with van der Waals surface area (Å²) in [5, 5.41) is 12.1. The average Bonchev–Trinajstić information content (AvgIpc) is 2.26. The molecule has 0 heterocycles. The Bertz CT molecular complexity index is 350. The minimum absolute atomic E-state index is 0.131. The summed E-state index contributed by atoms with van der Waals surface area (Å²) < 4.78 is 0. The molecule has 1 aromatic carbocycles. The van der Waals surface area contributed by atoms with Gasteiger partial charge in [-0.25, -0.2) is 0 Å². The highest BCUT2D eigenvalue weighted by Crippen LogP contribution is 2.21. The zero-order valence-electron chi connectivity index (χ0n) is 10.4. The number of aryl methyl sites for hydroxylation is 3. The quantitative estimate of drug-likeness (QED) is 0.701. The van der Waals surface area contributed by atoms with E-state index in [1.807, 2.05) is 0 Å². The van der Waals surface area contributed by atoms with Crippen molar-refractivity contribution in [1.82, 2.24) is 5.32 Å². The number of hydrogen-bond donors (Lipinski definition) is 3. The van der Waals surface area contributed by atoms with Crippen LogP contribution in [0.1, 0.15) is 28.3 Å². The highest BCUT2D eigenvalue weighted by Gasteiger charge is 2.12. The first-order valence-corrected chi connectivity index (χ1v) is 5.72. The van der Waals surface area contributed by atoms with Gasteiger partial charge in [0.1, 0.15) is 0 Å². The van der Waals surface area contributed by atoms with E-state index >= 15 is 0 Å². The first-order chi connectivity index (χ1) is 7.60. The van der Waals surface area contributed by atoms with Crippen LogP contribution in [0.2, 0.25) is 0 Å². The Hall–Kier alpha value is -0.900. The van der Waals surface area contributed by atoms with Crippen LogP contribution in [0.15, 0.2) is 12.1 Å². The molecule has 0 radical (unpaired) electrons. The largest absolute Gasteiger partial charge is 0.395 e. The lowest BCUT2D eigenvalue weighted by Crippen LogP contribution is -2.31. The second-order valence-corrected chi connectivity index (χ2v) is 4.26. The Morgan fingerprint density at radius 2 is 1.81 bits per heavy atom. The van der Waals surface area contributed by atoms with Crippen LogP contribution in [0.4, 0.5) is 0 Å². The van der Waals surface area contributed by atoms with Crippen molar-refractivity contribution in [2.75, 3.05) is 19.7 Å². The first kappa shape index (κ1) is 13.2. The van der Waals surface area contributed by atoms with E-state index in [-0.39, 0.29) is 12.6 Å². The van der Waals surface area contributed by atoms with E-state index in [4.69, 9.17) is 10.8 Å². The molecule has 1 aromatic rings. The number of hydrogen-bond acceptors (Lipinski definition) is 3. The summed E-state index contributed by atoms with van der Waals surface area (Å²) in [6.45, 7) is 7.59. The van der Waals surface area contributed by atoms with Gasteiger partial charge in [-0.2, -0.15) is 0 Å². The highest BCUT2D eigenvalue weighted by molar-refractivity contribution is 5.38. The molecule has 3 nitrogen and oxygen atoms in total. The number of rotatable bonds is 5. The lowest BCUT2D eigenvalue weighted by atomic mass is 9.96. The number of benzene rings is 1. The van der Waals surface area contributed by atoms with E-state index in [1.165, 1.54) is 22.3 Å². The fourth-order valence-electron chi connectivity index (χ4n) is 1.92.